The number of fused-ring (bicyclic) bond motifs is 1. The summed E-state index contributed by atoms with van der Waals surface area (Å²) in [5.74, 6) is 0.634. The molecule has 0 aromatic heterocycles. The Hall–Kier alpha value is -2.66. The van der Waals surface area contributed by atoms with Gasteiger partial charge in [-0.15, -0.1) is 0 Å². The molecule has 9 nitrogen and oxygen atoms in total. The summed E-state index contributed by atoms with van der Waals surface area (Å²) in [6, 6.07) is 4.76. The predicted octanol–water partition coefficient (Wildman–Crippen LogP) is 1.14. The summed E-state index contributed by atoms with van der Waals surface area (Å²) in [6.07, 6.45) is 2.47. The maximum Gasteiger partial charge on any atom is 0.414 e. The van der Waals surface area contributed by atoms with Gasteiger partial charge in [-0.3, -0.25) is 24.2 Å². The molecule has 1 aromatic rings. The van der Waals surface area contributed by atoms with Crippen LogP contribution in [0.2, 0.25) is 0 Å². The van der Waals surface area contributed by atoms with Crippen LogP contribution < -0.4 is 20.6 Å². The van der Waals surface area contributed by atoms with Gasteiger partial charge in [-0.05, 0) is 23.8 Å². The molecular weight excluding hydrogens is 439 g/mol. The molecule has 1 unspecified atom stereocenters. The molecular formula is C21H27FN4O5S. The number of carbonyl (C=O) groups excluding carboxylic acids is 2. The van der Waals surface area contributed by atoms with Crippen LogP contribution in [0.4, 0.5) is 20.6 Å². The lowest BCUT2D eigenvalue weighted by Crippen LogP contribution is -2.33. The summed E-state index contributed by atoms with van der Waals surface area (Å²) in [4.78, 5) is 31.8. The first-order chi connectivity index (χ1) is 15.3. The molecule has 174 valence electrons. The van der Waals surface area contributed by atoms with E-state index in [2.05, 4.69) is 10.8 Å². The van der Waals surface area contributed by atoms with Crippen molar-refractivity contribution in [2.75, 3.05) is 54.6 Å². The minimum Gasteiger partial charge on any atom is -0.442 e. The van der Waals surface area contributed by atoms with Crippen LogP contribution in [-0.2, 0) is 25.2 Å². The van der Waals surface area contributed by atoms with Gasteiger partial charge in [0.2, 0.25) is 5.91 Å². The van der Waals surface area contributed by atoms with Gasteiger partial charge in [-0.2, -0.15) is 0 Å². The number of amides is 2. The van der Waals surface area contributed by atoms with Crippen molar-refractivity contribution in [1.82, 2.24) is 10.8 Å². The summed E-state index contributed by atoms with van der Waals surface area (Å²) < 4.78 is 31.1. The third-order valence-corrected chi connectivity index (χ3v) is 6.63. The zero-order chi connectivity index (χ0) is 22.8. The van der Waals surface area contributed by atoms with Gasteiger partial charge in [0.25, 0.3) is 0 Å². The first-order valence-electron chi connectivity index (χ1n) is 10.5. The number of nitrogens with zero attached hydrogens (tertiary/aromatic N) is 2. The normalized spacial score (nSPS) is 24.8. The van der Waals surface area contributed by atoms with Crippen LogP contribution in [0.3, 0.4) is 0 Å². The third kappa shape index (κ3) is 5.04. The smallest absolute Gasteiger partial charge is 0.414 e. The van der Waals surface area contributed by atoms with E-state index in [4.69, 9.17) is 9.57 Å². The molecule has 1 aromatic carbocycles. The molecule has 1 aliphatic carbocycles. The van der Waals surface area contributed by atoms with Gasteiger partial charge in [0.05, 0.1) is 31.1 Å². The second-order valence-electron chi connectivity index (χ2n) is 8.20. The summed E-state index contributed by atoms with van der Waals surface area (Å²) >= 11 is 0. The Kier molecular flexibility index (Phi) is 6.66. The molecule has 0 spiro atoms. The van der Waals surface area contributed by atoms with Crippen molar-refractivity contribution in [2.45, 2.75) is 13.0 Å². The largest absolute Gasteiger partial charge is 0.442 e. The summed E-state index contributed by atoms with van der Waals surface area (Å²) in [5.41, 5.74) is 4.99. The minimum atomic E-state index is -0.878. The summed E-state index contributed by atoms with van der Waals surface area (Å²) in [5, 5.41) is 2.62. The molecule has 4 rings (SSSR count). The Morgan fingerprint density at radius 3 is 2.75 bits per heavy atom. The monoisotopic (exact) mass is 466 g/mol. The average molecular weight is 467 g/mol. The predicted molar refractivity (Wildman–Crippen MR) is 118 cm³/mol. The highest BCUT2D eigenvalue weighted by molar-refractivity contribution is 7.84. The number of hydrogen-bond donors (Lipinski definition) is 2. The van der Waals surface area contributed by atoms with E-state index in [0.29, 0.717) is 35.6 Å². The van der Waals surface area contributed by atoms with E-state index >= 15 is 0 Å². The van der Waals surface area contributed by atoms with Gasteiger partial charge < -0.3 is 15.0 Å². The molecule has 3 aliphatic rings. The summed E-state index contributed by atoms with van der Waals surface area (Å²) in [6.45, 7) is 3.69. The van der Waals surface area contributed by atoms with Crippen LogP contribution in [-0.4, -0.2) is 67.1 Å². The highest BCUT2D eigenvalue weighted by Crippen LogP contribution is 2.52. The van der Waals surface area contributed by atoms with Crippen LogP contribution in [0.15, 0.2) is 30.0 Å². The van der Waals surface area contributed by atoms with E-state index in [1.807, 2.05) is 11.1 Å². The number of hydroxylamine groups is 1. The lowest BCUT2D eigenvalue weighted by Gasteiger charge is -2.22. The minimum absolute atomic E-state index is 0.200. The fraction of sp³-hybridized carbons (Fsp3) is 0.524. The van der Waals surface area contributed by atoms with Gasteiger partial charge >= 0.3 is 6.09 Å². The molecule has 4 atom stereocenters. The molecule has 11 heteroatoms. The number of hydrogen-bond acceptors (Lipinski definition) is 7. The number of ether oxygens (including phenoxy) is 1. The van der Waals surface area contributed by atoms with E-state index in [0.717, 1.165) is 13.1 Å². The summed E-state index contributed by atoms with van der Waals surface area (Å²) in [7, 11) is -0.878. The van der Waals surface area contributed by atoms with Gasteiger partial charge in [0.15, 0.2) is 0 Å². The molecule has 1 saturated carbocycles. The van der Waals surface area contributed by atoms with Gasteiger partial charge in [0, 0.05) is 60.9 Å². The molecule has 2 aliphatic heterocycles. The van der Waals surface area contributed by atoms with Gasteiger partial charge in [-0.1, -0.05) is 0 Å². The molecule has 2 N–H and O–H groups in total. The van der Waals surface area contributed by atoms with Crippen LogP contribution in [0.5, 0.6) is 0 Å². The number of halogens is 1. The molecule has 0 radical (unpaired) electrons. The van der Waals surface area contributed by atoms with Crippen molar-refractivity contribution in [3.8, 4) is 0 Å². The second-order valence-corrected chi connectivity index (χ2v) is 9.75. The zero-order valence-corrected chi connectivity index (χ0v) is 18.8. The van der Waals surface area contributed by atoms with E-state index in [9.17, 15) is 18.2 Å². The number of benzene rings is 1. The van der Waals surface area contributed by atoms with Crippen molar-refractivity contribution in [2.24, 2.45) is 11.8 Å². The highest BCUT2D eigenvalue weighted by Gasteiger charge is 2.51. The Labute approximate surface area is 188 Å². The van der Waals surface area contributed by atoms with E-state index < -0.39 is 23.0 Å². The number of anilines is 2. The topological polar surface area (TPSA) is 100 Å². The Morgan fingerprint density at radius 1 is 1.34 bits per heavy atom. The Bertz CT molecular complexity index is 944. The van der Waals surface area contributed by atoms with Crippen molar-refractivity contribution in [3.05, 3.63) is 35.8 Å². The number of piperidine rings is 1. The van der Waals surface area contributed by atoms with Gasteiger partial charge in [-0.25, -0.2) is 9.18 Å². The van der Waals surface area contributed by atoms with Crippen molar-refractivity contribution >= 4 is 34.2 Å². The lowest BCUT2D eigenvalue weighted by molar-refractivity contribution is -0.119. The molecule has 2 heterocycles. The first kappa shape index (κ1) is 22.5. The second kappa shape index (κ2) is 9.45. The standard InChI is InChI=1S/C21H27FN4O5S/c1-13(27)23-8-15-10-26(21(28)31-15)14-3-4-20(19(22)7-14)25-11-17-16(18(17)12-25)9-24-30-5-6-32(2)29/h3-4,7,9,15,17-18,24H,5-6,8,10-12H2,1-2H3,(H,23,27)/t15-,17-,18-,32?/m0/s1. The quantitative estimate of drug-likeness (QED) is 0.416. The number of carbonyl (C=O) groups is 2. The SMILES string of the molecule is CC(=O)NC[C@H]1CN(c2ccc(N3C[C@H]4C(=CNOCCS(C)=O)[C@@H]4C3)c(F)c2)C(=O)O1. The van der Waals surface area contributed by atoms with Crippen LogP contribution in [0.1, 0.15) is 6.92 Å². The van der Waals surface area contributed by atoms with Crippen molar-refractivity contribution < 1.29 is 27.8 Å². The van der Waals surface area contributed by atoms with Crippen molar-refractivity contribution in [1.29, 1.82) is 0 Å². The molecule has 2 saturated heterocycles. The number of cyclic esters (lactones) is 1. The number of nitrogens with one attached hydrogen (secondary N) is 2. The Balaban J connectivity index is 1.29. The van der Waals surface area contributed by atoms with E-state index in [1.165, 1.54) is 23.5 Å². The van der Waals surface area contributed by atoms with Crippen LogP contribution >= 0.6 is 0 Å². The molecule has 3 fully saturated rings. The fourth-order valence-corrected chi connectivity index (χ4v) is 4.49. The molecule has 32 heavy (non-hydrogen) atoms. The van der Waals surface area contributed by atoms with E-state index in [-0.39, 0.29) is 24.8 Å². The molecule has 2 amide bonds. The van der Waals surface area contributed by atoms with E-state index in [1.54, 1.807) is 18.4 Å². The first-order valence-corrected chi connectivity index (χ1v) is 12.2. The number of rotatable bonds is 9. The zero-order valence-electron chi connectivity index (χ0n) is 18.0. The molecule has 0 bridgehead atoms. The maximum absolute atomic E-state index is 14.9. The fourth-order valence-electron chi connectivity index (χ4n) is 4.17. The Morgan fingerprint density at radius 2 is 2.09 bits per heavy atom. The van der Waals surface area contributed by atoms with Crippen LogP contribution in [0, 0.1) is 17.7 Å². The third-order valence-electron chi connectivity index (χ3n) is 5.89. The highest BCUT2D eigenvalue weighted by atomic mass is 32.2. The van der Waals surface area contributed by atoms with Crippen molar-refractivity contribution in [3.63, 3.8) is 0 Å². The maximum atomic E-state index is 14.9. The lowest BCUT2D eigenvalue weighted by atomic mass is 10.2. The van der Waals surface area contributed by atoms with Crippen LogP contribution in [0.25, 0.3) is 0 Å². The average Bonchev–Trinajstić information content (AvgIpc) is 3.05. The van der Waals surface area contributed by atoms with Gasteiger partial charge in [0.1, 0.15) is 11.9 Å².